The maximum Gasteiger partial charge on any atom is 0.191 e. The summed E-state index contributed by atoms with van der Waals surface area (Å²) in [5.41, 5.74) is 1.25. The van der Waals surface area contributed by atoms with Gasteiger partial charge in [-0.05, 0) is 36.5 Å². The topological polar surface area (TPSA) is 76.4 Å². The summed E-state index contributed by atoms with van der Waals surface area (Å²) in [5, 5.41) is 15.8. The molecule has 0 saturated heterocycles. The molecular weight excluding hydrogens is 503 g/mol. The van der Waals surface area contributed by atoms with Gasteiger partial charge in [-0.25, -0.2) is 4.99 Å². The van der Waals surface area contributed by atoms with Crippen LogP contribution in [0.25, 0.3) is 0 Å². The first kappa shape index (κ1) is 25.6. The van der Waals surface area contributed by atoms with Gasteiger partial charge in [0.05, 0.1) is 6.61 Å². The van der Waals surface area contributed by atoms with Crippen molar-refractivity contribution < 1.29 is 4.74 Å². The van der Waals surface area contributed by atoms with Crippen molar-refractivity contribution in [3.63, 3.8) is 0 Å². The second-order valence-electron chi connectivity index (χ2n) is 7.63. The fraction of sp³-hybridized carbons (Fsp3) is 0.550. The van der Waals surface area contributed by atoms with Gasteiger partial charge in [0.2, 0.25) is 0 Å². The standard InChI is InChI=1S/C20H31ClN6O.HI/c1-15-25-26-18(27(15)4)13-23-19(22-9-10-28-5)24-14-20(2,3)12-16-7-6-8-17(21)11-16;/h6-8,11H,9-10,12-14H2,1-5H3,(H2,22,23,24);1H. The molecule has 0 spiro atoms. The van der Waals surface area contributed by atoms with Crippen molar-refractivity contribution in [2.75, 3.05) is 26.8 Å². The minimum atomic E-state index is 0. The third-order valence-corrected chi connectivity index (χ3v) is 4.70. The highest BCUT2D eigenvalue weighted by Crippen LogP contribution is 2.22. The third kappa shape index (κ3) is 8.88. The van der Waals surface area contributed by atoms with Crippen molar-refractivity contribution in [1.29, 1.82) is 0 Å². The maximum atomic E-state index is 6.12. The van der Waals surface area contributed by atoms with Gasteiger partial charge in [-0.3, -0.25) is 0 Å². The average Bonchev–Trinajstić information content (AvgIpc) is 2.95. The molecule has 0 aliphatic carbocycles. The van der Waals surface area contributed by atoms with E-state index in [2.05, 4.69) is 45.7 Å². The summed E-state index contributed by atoms with van der Waals surface area (Å²) in [6, 6.07) is 8.01. The van der Waals surface area contributed by atoms with E-state index in [9.17, 15) is 0 Å². The number of guanidine groups is 1. The monoisotopic (exact) mass is 534 g/mol. The number of rotatable bonds is 9. The van der Waals surface area contributed by atoms with E-state index in [0.29, 0.717) is 19.7 Å². The van der Waals surface area contributed by atoms with Gasteiger partial charge in [0.15, 0.2) is 11.8 Å². The first-order chi connectivity index (χ1) is 13.3. The molecule has 0 atom stereocenters. The Morgan fingerprint density at radius 3 is 2.66 bits per heavy atom. The van der Waals surface area contributed by atoms with Crippen LogP contribution in [0.1, 0.15) is 31.1 Å². The number of halogens is 2. The Balaban J connectivity index is 0.00000420. The third-order valence-electron chi connectivity index (χ3n) is 4.47. The summed E-state index contributed by atoms with van der Waals surface area (Å²) < 4.78 is 7.07. The van der Waals surface area contributed by atoms with E-state index in [-0.39, 0.29) is 29.4 Å². The van der Waals surface area contributed by atoms with Crippen LogP contribution in [-0.2, 0) is 24.8 Å². The van der Waals surface area contributed by atoms with Crippen molar-refractivity contribution in [3.8, 4) is 0 Å². The first-order valence-corrected chi connectivity index (χ1v) is 9.79. The van der Waals surface area contributed by atoms with E-state index in [1.165, 1.54) is 5.56 Å². The second-order valence-corrected chi connectivity index (χ2v) is 8.07. The van der Waals surface area contributed by atoms with Gasteiger partial charge in [-0.15, -0.1) is 34.2 Å². The zero-order chi connectivity index (χ0) is 20.6. The van der Waals surface area contributed by atoms with Gasteiger partial charge in [0.1, 0.15) is 12.4 Å². The molecular formula is C20H32ClIN6O. The summed E-state index contributed by atoms with van der Waals surface area (Å²) in [6.07, 6.45) is 0.911. The lowest BCUT2D eigenvalue weighted by atomic mass is 9.86. The summed E-state index contributed by atoms with van der Waals surface area (Å²) in [7, 11) is 3.63. The molecule has 1 aromatic carbocycles. The summed E-state index contributed by atoms with van der Waals surface area (Å²) in [5.74, 6) is 2.43. The smallest absolute Gasteiger partial charge is 0.191 e. The molecule has 0 aliphatic rings. The van der Waals surface area contributed by atoms with E-state index >= 15 is 0 Å². The first-order valence-electron chi connectivity index (χ1n) is 9.41. The van der Waals surface area contributed by atoms with Crippen molar-refractivity contribution in [3.05, 3.63) is 46.5 Å². The SMILES string of the molecule is COCCNC(=NCc1nnc(C)n1C)NCC(C)(C)Cc1cccc(Cl)c1.I. The van der Waals surface area contributed by atoms with Gasteiger partial charge in [-0.2, -0.15) is 0 Å². The quantitative estimate of drug-likeness (QED) is 0.223. The number of nitrogens with one attached hydrogen (secondary N) is 2. The fourth-order valence-corrected chi connectivity index (χ4v) is 2.98. The number of hydrogen-bond acceptors (Lipinski definition) is 4. The normalized spacial score (nSPS) is 11.9. The Labute approximate surface area is 195 Å². The Morgan fingerprint density at radius 1 is 1.28 bits per heavy atom. The second kappa shape index (κ2) is 12.3. The van der Waals surface area contributed by atoms with E-state index in [4.69, 9.17) is 16.3 Å². The van der Waals surface area contributed by atoms with E-state index in [1.807, 2.05) is 36.7 Å². The number of benzene rings is 1. The molecule has 29 heavy (non-hydrogen) atoms. The van der Waals surface area contributed by atoms with Crippen LogP contribution in [0.5, 0.6) is 0 Å². The van der Waals surface area contributed by atoms with Crippen LogP contribution in [0.15, 0.2) is 29.3 Å². The van der Waals surface area contributed by atoms with Gasteiger partial charge in [-0.1, -0.05) is 37.6 Å². The molecule has 2 aromatic rings. The van der Waals surface area contributed by atoms with Crippen molar-refractivity contribution in [1.82, 2.24) is 25.4 Å². The lowest BCUT2D eigenvalue weighted by Gasteiger charge is -2.26. The van der Waals surface area contributed by atoms with Crippen LogP contribution in [0.4, 0.5) is 0 Å². The minimum absolute atomic E-state index is 0. The van der Waals surface area contributed by atoms with Crippen LogP contribution in [-0.4, -0.2) is 47.5 Å². The molecule has 2 N–H and O–H groups in total. The van der Waals surface area contributed by atoms with Gasteiger partial charge in [0, 0.05) is 32.3 Å². The molecule has 0 fully saturated rings. The van der Waals surface area contributed by atoms with Crippen molar-refractivity contribution in [2.45, 2.75) is 33.7 Å². The van der Waals surface area contributed by atoms with Gasteiger partial charge in [0.25, 0.3) is 0 Å². The highest BCUT2D eigenvalue weighted by atomic mass is 127. The van der Waals surface area contributed by atoms with Gasteiger partial charge < -0.3 is 19.9 Å². The number of aromatic nitrogens is 3. The Hall–Kier alpha value is -1.39. The zero-order valence-corrected chi connectivity index (χ0v) is 20.9. The Kier molecular flexibility index (Phi) is 10.9. The number of hydrogen-bond donors (Lipinski definition) is 2. The Morgan fingerprint density at radius 2 is 2.03 bits per heavy atom. The molecule has 0 amide bonds. The molecule has 1 heterocycles. The molecule has 0 bridgehead atoms. The summed E-state index contributed by atoms with van der Waals surface area (Å²) in [6.45, 7) is 8.86. The predicted octanol–water partition coefficient (Wildman–Crippen LogP) is 3.35. The Bertz CT molecular complexity index is 793. The molecule has 162 valence electrons. The lowest BCUT2D eigenvalue weighted by Crippen LogP contribution is -2.43. The van der Waals surface area contributed by atoms with Gasteiger partial charge >= 0.3 is 0 Å². The summed E-state index contributed by atoms with van der Waals surface area (Å²) in [4.78, 5) is 4.66. The van der Waals surface area contributed by atoms with Crippen LogP contribution in [0.2, 0.25) is 5.02 Å². The number of methoxy groups -OCH3 is 1. The minimum Gasteiger partial charge on any atom is -0.383 e. The average molecular weight is 535 g/mol. The molecule has 0 aliphatic heterocycles. The van der Waals surface area contributed by atoms with E-state index in [1.54, 1.807) is 7.11 Å². The molecule has 2 rings (SSSR count). The maximum absolute atomic E-state index is 6.12. The van der Waals surface area contributed by atoms with Crippen LogP contribution >= 0.6 is 35.6 Å². The molecule has 7 nitrogen and oxygen atoms in total. The highest BCUT2D eigenvalue weighted by Gasteiger charge is 2.19. The van der Waals surface area contributed by atoms with E-state index < -0.39 is 0 Å². The van der Waals surface area contributed by atoms with Crippen LogP contribution in [0, 0.1) is 12.3 Å². The number of aliphatic imine (C=N–C) groups is 1. The summed E-state index contributed by atoms with van der Waals surface area (Å²) >= 11 is 6.12. The molecule has 1 aromatic heterocycles. The number of ether oxygens (including phenoxy) is 1. The number of nitrogens with zero attached hydrogens (tertiary/aromatic N) is 4. The fourth-order valence-electron chi connectivity index (χ4n) is 2.77. The lowest BCUT2D eigenvalue weighted by molar-refractivity contribution is 0.203. The van der Waals surface area contributed by atoms with Crippen LogP contribution < -0.4 is 10.6 Å². The van der Waals surface area contributed by atoms with E-state index in [0.717, 1.165) is 35.6 Å². The largest absolute Gasteiger partial charge is 0.383 e. The predicted molar refractivity (Wildman–Crippen MR) is 129 cm³/mol. The zero-order valence-electron chi connectivity index (χ0n) is 17.8. The molecule has 9 heteroatoms. The van der Waals surface area contributed by atoms with Crippen LogP contribution in [0.3, 0.4) is 0 Å². The molecule has 0 radical (unpaired) electrons. The molecule has 0 saturated carbocycles. The van der Waals surface area contributed by atoms with Crippen molar-refractivity contribution in [2.24, 2.45) is 17.5 Å². The van der Waals surface area contributed by atoms with Crippen molar-refractivity contribution >= 4 is 41.5 Å². The molecule has 0 unspecified atom stereocenters. The number of aryl methyl sites for hydroxylation is 1. The highest BCUT2D eigenvalue weighted by molar-refractivity contribution is 14.0.